The minimum absolute atomic E-state index is 0.0603. The second-order valence-corrected chi connectivity index (χ2v) is 11.8. The molecule has 38 heavy (non-hydrogen) atoms. The van der Waals surface area contributed by atoms with E-state index in [1.807, 2.05) is 18.2 Å². The van der Waals surface area contributed by atoms with E-state index in [9.17, 15) is 13.2 Å². The molecule has 0 radical (unpaired) electrons. The standard InChI is InChI=1S/C28H36N4O5S/c1-21-14-26(36-3)15-22(2)28(21)38(34,35)32-9-5-8-25(32)19-37-20-27(33)31-12-10-30(11-13-31)18-24-7-4-6-23(16-24)17-29/h4,6-7,14-16,25H,5,8-13,18-20H2,1-3H3. The minimum Gasteiger partial charge on any atom is -0.497 e. The summed E-state index contributed by atoms with van der Waals surface area (Å²) in [5.41, 5.74) is 3.04. The van der Waals surface area contributed by atoms with Crippen LogP contribution in [0.3, 0.4) is 0 Å². The van der Waals surface area contributed by atoms with Crippen LogP contribution in [-0.2, 0) is 26.1 Å². The molecule has 0 aromatic heterocycles. The van der Waals surface area contributed by atoms with Gasteiger partial charge in [0.2, 0.25) is 15.9 Å². The van der Waals surface area contributed by atoms with Crippen LogP contribution in [0.5, 0.6) is 5.75 Å². The highest BCUT2D eigenvalue weighted by Crippen LogP contribution is 2.32. The van der Waals surface area contributed by atoms with Crippen molar-refractivity contribution >= 4 is 15.9 Å². The van der Waals surface area contributed by atoms with Gasteiger partial charge in [-0.1, -0.05) is 12.1 Å². The number of nitriles is 1. The fourth-order valence-electron chi connectivity index (χ4n) is 5.37. The SMILES string of the molecule is COc1cc(C)c(S(=O)(=O)N2CCCC2COCC(=O)N2CCN(Cc3cccc(C#N)c3)CC2)c(C)c1. The van der Waals surface area contributed by atoms with Crippen molar-refractivity contribution in [1.82, 2.24) is 14.1 Å². The van der Waals surface area contributed by atoms with E-state index >= 15 is 0 Å². The van der Waals surface area contributed by atoms with Gasteiger partial charge in [0.15, 0.2) is 0 Å². The number of carbonyl (C=O) groups is 1. The average Bonchev–Trinajstić information content (AvgIpc) is 3.38. The maximum absolute atomic E-state index is 13.6. The number of carbonyl (C=O) groups excluding carboxylic acids is 1. The van der Waals surface area contributed by atoms with Gasteiger partial charge >= 0.3 is 0 Å². The van der Waals surface area contributed by atoms with Crippen LogP contribution in [-0.4, -0.2) is 87.5 Å². The van der Waals surface area contributed by atoms with Crippen LogP contribution in [0.1, 0.15) is 35.1 Å². The zero-order chi connectivity index (χ0) is 27.3. The molecule has 0 saturated carbocycles. The molecule has 2 fully saturated rings. The van der Waals surface area contributed by atoms with E-state index in [2.05, 4.69) is 11.0 Å². The Morgan fingerprint density at radius 3 is 2.45 bits per heavy atom. The Labute approximate surface area is 225 Å². The van der Waals surface area contributed by atoms with Gasteiger partial charge in [-0.3, -0.25) is 9.69 Å². The lowest BCUT2D eigenvalue weighted by molar-refractivity contribution is -0.138. The summed E-state index contributed by atoms with van der Waals surface area (Å²) >= 11 is 0. The Morgan fingerprint density at radius 2 is 1.79 bits per heavy atom. The quantitative estimate of drug-likeness (QED) is 0.482. The van der Waals surface area contributed by atoms with Gasteiger partial charge in [-0.15, -0.1) is 0 Å². The van der Waals surface area contributed by atoms with Gasteiger partial charge in [0.1, 0.15) is 12.4 Å². The molecule has 204 valence electrons. The van der Waals surface area contributed by atoms with Crippen molar-refractivity contribution in [2.75, 3.05) is 53.0 Å². The fourth-order valence-corrected chi connectivity index (χ4v) is 7.47. The highest BCUT2D eigenvalue weighted by Gasteiger charge is 2.37. The van der Waals surface area contributed by atoms with Crippen molar-refractivity contribution in [3.8, 4) is 11.8 Å². The van der Waals surface area contributed by atoms with E-state index in [1.54, 1.807) is 44.1 Å². The molecule has 10 heteroatoms. The maximum atomic E-state index is 13.6. The Morgan fingerprint density at radius 1 is 1.08 bits per heavy atom. The lowest BCUT2D eigenvalue weighted by atomic mass is 10.1. The summed E-state index contributed by atoms with van der Waals surface area (Å²) in [6.45, 7) is 7.60. The smallest absolute Gasteiger partial charge is 0.248 e. The third kappa shape index (κ3) is 6.35. The first-order valence-corrected chi connectivity index (χ1v) is 14.4. The van der Waals surface area contributed by atoms with E-state index in [-0.39, 0.29) is 25.2 Å². The fraction of sp³-hybridized carbons (Fsp3) is 0.500. The van der Waals surface area contributed by atoms with Crippen LogP contribution in [0, 0.1) is 25.2 Å². The second-order valence-electron chi connectivity index (χ2n) is 9.99. The summed E-state index contributed by atoms with van der Waals surface area (Å²) in [5.74, 6) is 0.554. The van der Waals surface area contributed by atoms with Gasteiger partial charge in [-0.2, -0.15) is 9.57 Å². The van der Waals surface area contributed by atoms with Gasteiger partial charge in [-0.05, 0) is 67.6 Å². The number of methoxy groups -OCH3 is 1. The first-order chi connectivity index (χ1) is 18.2. The third-order valence-electron chi connectivity index (χ3n) is 7.28. The monoisotopic (exact) mass is 540 g/mol. The van der Waals surface area contributed by atoms with Crippen molar-refractivity contribution in [3.63, 3.8) is 0 Å². The molecule has 2 aromatic carbocycles. The number of aryl methyl sites for hydroxylation is 2. The Hall–Kier alpha value is -2.97. The number of benzene rings is 2. The van der Waals surface area contributed by atoms with Crippen molar-refractivity contribution in [2.24, 2.45) is 0 Å². The predicted octanol–water partition coefficient (Wildman–Crippen LogP) is 2.70. The summed E-state index contributed by atoms with van der Waals surface area (Å²) in [7, 11) is -2.14. The summed E-state index contributed by atoms with van der Waals surface area (Å²) in [4.78, 5) is 17.2. The zero-order valence-electron chi connectivity index (χ0n) is 22.4. The van der Waals surface area contributed by atoms with Gasteiger partial charge in [-0.25, -0.2) is 8.42 Å². The lowest BCUT2D eigenvalue weighted by Crippen LogP contribution is -2.49. The third-order valence-corrected chi connectivity index (χ3v) is 9.54. The molecule has 4 rings (SSSR count). The Balaban J connectivity index is 1.27. The topological polar surface area (TPSA) is 103 Å². The number of sulfonamides is 1. The molecule has 2 heterocycles. The summed E-state index contributed by atoms with van der Waals surface area (Å²) < 4.78 is 39.7. The molecule has 1 unspecified atom stereocenters. The lowest BCUT2D eigenvalue weighted by Gasteiger charge is -2.35. The summed E-state index contributed by atoms with van der Waals surface area (Å²) in [5, 5.41) is 9.09. The number of amides is 1. The largest absolute Gasteiger partial charge is 0.497 e. The van der Waals surface area contributed by atoms with Gasteiger partial charge in [0, 0.05) is 45.3 Å². The van der Waals surface area contributed by atoms with Crippen LogP contribution in [0.4, 0.5) is 0 Å². The Kier molecular flexibility index (Phi) is 9.05. The molecule has 0 aliphatic carbocycles. The molecule has 0 spiro atoms. The van der Waals surface area contributed by atoms with E-state index in [0.29, 0.717) is 53.4 Å². The number of piperazine rings is 1. The molecule has 1 amide bonds. The van der Waals surface area contributed by atoms with Crippen molar-refractivity contribution in [2.45, 2.75) is 44.2 Å². The molecule has 2 aliphatic rings. The zero-order valence-corrected chi connectivity index (χ0v) is 23.2. The van der Waals surface area contributed by atoms with E-state index < -0.39 is 10.0 Å². The van der Waals surface area contributed by atoms with Crippen LogP contribution in [0.15, 0.2) is 41.3 Å². The average molecular weight is 541 g/mol. The first-order valence-electron chi connectivity index (χ1n) is 13.0. The molecular weight excluding hydrogens is 504 g/mol. The van der Waals surface area contributed by atoms with Gasteiger partial charge in [0.25, 0.3) is 0 Å². The van der Waals surface area contributed by atoms with E-state index in [4.69, 9.17) is 14.7 Å². The Bertz CT molecular complexity index is 1280. The molecule has 0 bridgehead atoms. The molecule has 2 saturated heterocycles. The number of ether oxygens (including phenoxy) is 2. The van der Waals surface area contributed by atoms with Crippen molar-refractivity contribution in [1.29, 1.82) is 5.26 Å². The number of hydrogen-bond acceptors (Lipinski definition) is 7. The van der Waals surface area contributed by atoms with Gasteiger partial charge < -0.3 is 14.4 Å². The molecule has 9 nitrogen and oxygen atoms in total. The summed E-state index contributed by atoms with van der Waals surface area (Å²) in [6.07, 6.45) is 1.46. The van der Waals surface area contributed by atoms with E-state index in [0.717, 1.165) is 31.6 Å². The molecule has 2 aliphatic heterocycles. The number of nitrogens with zero attached hydrogens (tertiary/aromatic N) is 4. The van der Waals surface area contributed by atoms with Crippen LogP contribution >= 0.6 is 0 Å². The van der Waals surface area contributed by atoms with Crippen LogP contribution in [0.25, 0.3) is 0 Å². The number of rotatable bonds is 9. The molecule has 1 atom stereocenters. The predicted molar refractivity (Wildman–Crippen MR) is 143 cm³/mol. The van der Waals surface area contributed by atoms with Gasteiger partial charge in [0.05, 0.1) is 30.2 Å². The number of hydrogen-bond donors (Lipinski definition) is 0. The molecular formula is C28H36N4O5S. The van der Waals surface area contributed by atoms with Crippen LogP contribution < -0.4 is 4.74 Å². The normalized spacial score (nSPS) is 18.9. The van der Waals surface area contributed by atoms with E-state index in [1.165, 1.54) is 4.31 Å². The highest BCUT2D eigenvalue weighted by molar-refractivity contribution is 7.89. The molecule has 2 aromatic rings. The van der Waals surface area contributed by atoms with Crippen molar-refractivity contribution in [3.05, 3.63) is 58.7 Å². The molecule has 0 N–H and O–H groups in total. The van der Waals surface area contributed by atoms with Crippen molar-refractivity contribution < 1.29 is 22.7 Å². The minimum atomic E-state index is -3.70. The highest BCUT2D eigenvalue weighted by atomic mass is 32.2. The first kappa shape index (κ1) is 28.0. The maximum Gasteiger partial charge on any atom is 0.248 e. The summed E-state index contributed by atoms with van der Waals surface area (Å²) in [6, 6.07) is 12.9. The second kappa shape index (κ2) is 12.3. The van der Waals surface area contributed by atoms with Crippen LogP contribution in [0.2, 0.25) is 0 Å².